The number of thiophene rings is 1. The Bertz CT molecular complexity index is 2150. The highest BCUT2D eigenvalue weighted by atomic mass is 32.2. The molecule has 0 bridgehead atoms. The van der Waals surface area contributed by atoms with Crippen LogP contribution in [0, 0.1) is 13.8 Å². The minimum atomic E-state index is 1.000. The Morgan fingerprint density at radius 2 is 1.21 bits per heavy atom. The van der Waals surface area contributed by atoms with Gasteiger partial charge in [-0.3, -0.25) is 0 Å². The molecule has 0 nitrogen and oxygen atoms in total. The Kier molecular flexibility index (Phi) is 6.48. The number of hydrogen-bond acceptors (Lipinski definition) is 3. The third kappa shape index (κ3) is 4.48. The zero-order valence-electron chi connectivity index (χ0n) is 23.5. The molecule has 0 aliphatic carbocycles. The summed E-state index contributed by atoms with van der Waals surface area (Å²) in [6.45, 7) is 4.45. The molecule has 0 fully saturated rings. The number of fused-ring (bicyclic) bond motifs is 5. The summed E-state index contributed by atoms with van der Waals surface area (Å²) >= 11 is 5.67. The van der Waals surface area contributed by atoms with Gasteiger partial charge in [-0.15, -0.1) is 11.3 Å². The van der Waals surface area contributed by atoms with Crippen LogP contribution in [0.25, 0.3) is 42.4 Å². The van der Waals surface area contributed by atoms with Crippen molar-refractivity contribution in [2.75, 3.05) is 0 Å². The van der Waals surface area contributed by atoms with Gasteiger partial charge in [-0.2, -0.15) is 0 Å². The van der Waals surface area contributed by atoms with E-state index in [0.29, 0.717) is 0 Å². The Morgan fingerprint density at radius 3 is 2.02 bits per heavy atom. The van der Waals surface area contributed by atoms with Crippen LogP contribution in [0.3, 0.4) is 0 Å². The maximum absolute atomic E-state index is 2.42. The van der Waals surface area contributed by atoms with Gasteiger partial charge in [0.05, 0.1) is 0 Å². The molecule has 6 aromatic carbocycles. The predicted molar refractivity (Wildman–Crippen MR) is 184 cm³/mol. The molecule has 1 aliphatic heterocycles. The lowest BCUT2D eigenvalue weighted by atomic mass is 9.96. The predicted octanol–water partition coefficient (Wildman–Crippen LogP) is 12.2. The van der Waals surface area contributed by atoms with E-state index in [9.17, 15) is 0 Å². The van der Waals surface area contributed by atoms with Crippen LogP contribution < -0.4 is 0 Å². The molecule has 0 N–H and O–H groups in total. The van der Waals surface area contributed by atoms with E-state index >= 15 is 0 Å². The molecule has 8 rings (SSSR count). The molecular weight excluding hydrogens is 565 g/mol. The normalized spacial score (nSPS) is 12.4. The Morgan fingerprint density at radius 1 is 0.571 bits per heavy atom. The summed E-state index contributed by atoms with van der Waals surface area (Å²) in [5.74, 6) is 0. The summed E-state index contributed by atoms with van der Waals surface area (Å²) in [5, 5.41) is 2.68. The molecule has 0 radical (unpaired) electrons. The number of aryl methyl sites for hydroxylation is 1. The minimum Gasteiger partial charge on any atom is -0.135 e. The van der Waals surface area contributed by atoms with E-state index in [4.69, 9.17) is 0 Å². The molecule has 0 amide bonds. The van der Waals surface area contributed by atoms with Crippen molar-refractivity contribution in [3.05, 3.63) is 144 Å². The first-order valence-corrected chi connectivity index (χ1v) is 16.8. The molecule has 0 unspecified atom stereocenters. The molecule has 1 aliphatic rings. The largest absolute Gasteiger partial charge is 0.135 e. The standard InChI is InChI=1S/C39H28S3/c1-24-9-3-5-14-34(24)40-35-16-8-12-30(25(35)2)26-17-19-37-32(22-26)33-23-27(18-20-38(33)41-37)31-13-7-11-29-21-28-10-4-6-15-36(28)42-39(29)31/h3-20,22-23H,21H2,1-2H3. The van der Waals surface area contributed by atoms with Crippen LogP contribution in [0.2, 0.25) is 0 Å². The van der Waals surface area contributed by atoms with Crippen LogP contribution in [-0.4, -0.2) is 0 Å². The first-order valence-electron chi connectivity index (χ1n) is 14.3. The SMILES string of the molecule is Cc1ccccc1Sc1cccc(-c2ccc3sc4ccc(-c5cccc6c5Sc5ccccc5C6)cc4c3c2)c1C. The highest BCUT2D eigenvalue weighted by molar-refractivity contribution is 7.99. The summed E-state index contributed by atoms with van der Waals surface area (Å²) in [4.78, 5) is 5.40. The Hall–Kier alpha value is -3.76. The van der Waals surface area contributed by atoms with Crippen LogP contribution >= 0.6 is 34.9 Å². The molecule has 7 aromatic rings. The molecule has 0 atom stereocenters. The molecule has 42 heavy (non-hydrogen) atoms. The van der Waals surface area contributed by atoms with Gasteiger partial charge in [-0.25, -0.2) is 0 Å². The summed E-state index contributed by atoms with van der Waals surface area (Å²) in [6, 6.07) is 45.1. The second-order valence-electron chi connectivity index (χ2n) is 11.0. The fourth-order valence-corrected chi connectivity index (χ4v) is 9.37. The van der Waals surface area contributed by atoms with Crippen molar-refractivity contribution in [3.8, 4) is 22.3 Å². The minimum absolute atomic E-state index is 1.000. The van der Waals surface area contributed by atoms with E-state index in [1.54, 1.807) is 0 Å². The van der Waals surface area contributed by atoms with Crippen molar-refractivity contribution in [2.24, 2.45) is 0 Å². The first kappa shape index (κ1) is 25.9. The molecule has 0 saturated carbocycles. The topological polar surface area (TPSA) is 0 Å². The smallest absolute Gasteiger partial charge is 0.0355 e. The Labute approximate surface area is 259 Å². The highest BCUT2D eigenvalue weighted by Gasteiger charge is 2.20. The van der Waals surface area contributed by atoms with Crippen LogP contribution in [-0.2, 0) is 6.42 Å². The van der Waals surface area contributed by atoms with Gasteiger partial charge in [0.1, 0.15) is 0 Å². The van der Waals surface area contributed by atoms with E-state index in [-0.39, 0.29) is 0 Å². The van der Waals surface area contributed by atoms with E-state index in [0.717, 1.165) is 6.42 Å². The number of rotatable bonds is 4. The van der Waals surface area contributed by atoms with E-state index in [2.05, 4.69) is 135 Å². The van der Waals surface area contributed by atoms with Gasteiger partial charge in [0.15, 0.2) is 0 Å². The van der Waals surface area contributed by atoms with Gasteiger partial charge in [-0.1, -0.05) is 102 Å². The summed E-state index contributed by atoms with van der Waals surface area (Å²) in [6.07, 6.45) is 1.000. The fourth-order valence-electron chi connectivity index (χ4n) is 6.08. The van der Waals surface area contributed by atoms with Gasteiger partial charge in [0.2, 0.25) is 0 Å². The molecular formula is C39H28S3. The summed E-state index contributed by atoms with van der Waals surface area (Å²) < 4.78 is 2.68. The Balaban J connectivity index is 1.21. The van der Waals surface area contributed by atoms with Gasteiger partial charge in [0.25, 0.3) is 0 Å². The third-order valence-electron chi connectivity index (χ3n) is 8.35. The fraction of sp³-hybridized carbons (Fsp3) is 0.0769. The first-order chi connectivity index (χ1) is 20.6. The zero-order valence-corrected chi connectivity index (χ0v) is 25.9. The monoisotopic (exact) mass is 592 g/mol. The molecule has 2 heterocycles. The second kappa shape index (κ2) is 10.5. The maximum Gasteiger partial charge on any atom is 0.0355 e. The van der Waals surface area contributed by atoms with Gasteiger partial charge >= 0.3 is 0 Å². The third-order valence-corrected chi connectivity index (χ3v) is 12.1. The lowest BCUT2D eigenvalue weighted by Crippen LogP contribution is -2.00. The van der Waals surface area contributed by atoms with Crippen LogP contribution in [0.15, 0.2) is 141 Å². The van der Waals surface area contributed by atoms with Crippen molar-refractivity contribution < 1.29 is 0 Å². The average molecular weight is 593 g/mol. The maximum atomic E-state index is 2.42. The highest BCUT2D eigenvalue weighted by Crippen LogP contribution is 2.46. The average Bonchev–Trinajstić information content (AvgIpc) is 3.39. The number of benzene rings is 6. The molecule has 1 aromatic heterocycles. The van der Waals surface area contributed by atoms with Gasteiger partial charge < -0.3 is 0 Å². The van der Waals surface area contributed by atoms with Crippen LogP contribution in [0.4, 0.5) is 0 Å². The van der Waals surface area contributed by atoms with Crippen molar-refractivity contribution in [1.82, 2.24) is 0 Å². The zero-order chi connectivity index (χ0) is 28.2. The lowest BCUT2D eigenvalue weighted by Gasteiger charge is -2.21. The lowest BCUT2D eigenvalue weighted by molar-refractivity contribution is 1.06. The summed E-state index contributed by atoms with van der Waals surface area (Å²) in [7, 11) is 0. The van der Waals surface area contributed by atoms with Crippen molar-refractivity contribution in [3.63, 3.8) is 0 Å². The molecule has 0 spiro atoms. The summed E-state index contributed by atoms with van der Waals surface area (Å²) in [5.41, 5.74) is 10.7. The van der Waals surface area contributed by atoms with Crippen molar-refractivity contribution in [1.29, 1.82) is 0 Å². The second-order valence-corrected chi connectivity index (χ2v) is 14.2. The van der Waals surface area contributed by atoms with Crippen LogP contribution in [0.5, 0.6) is 0 Å². The number of hydrogen-bond donors (Lipinski definition) is 0. The molecule has 3 heteroatoms. The van der Waals surface area contributed by atoms with Gasteiger partial charge in [-0.05, 0) is 107 Å². The van der Waals surface area contributed by atoms with Crippen LogP contribution in [0.1, 0.15) is 22.3 Å². The van der Waals surface area contributed by atoms with E-state index in [1.165, 1.54) is 84.3 Å². The molecule has 202 valence electrons. The van der Waals surface area contributed by atoms with E-state index in [1.807, 2.05) is 34.9 Å². The molecule has 0 saturated heterocycles. The quantitative estimate of drug-likeness (QED) is 0.199. The van der Waals surface area contributed by atoms with E-state index < -0.39 is 0 Å². The van der Waals surface area contributed by atoms with Crippen molar-refractivity contribution >= 4 is 55.0 Å². The van der Waals surface area contributed by atoms with Gasteiger partial charge in [0, 0.05) is 39.8 Å². The van der Waals surface area contributed by atoms with Crippen molar-refractivity contribution in [2.45, 2.75) is 39.9 Å².